The van der Waals surface area contributed by atoms with Crippen molar-refractivity contribution in [3.05, 3.63) is 0 Å². The van der Waals surface area contributed by atoms with Crippen molar-refractivity contribution in [2.75, 3.05) is 78.8 Å². The average Bonchev–Trinajstić information content (AvgIpc) is 2.89. The second kappa shape index (κ2) is 15.8. The third kappa shape index (κ3) is 12.5. The number of nitrogens with zero attached hydrogens (tertiary/aromatic N) is 3. The molecule has 0 radical (unpaired) electrons. The predicted molar refractivity (Wildman–Crippen MR) is 135 cm³/mol. The molecule has 4 saturated heterocycles. The number of alkyl halides is 3. The first-order chi connectivity index (χ1) is 17.9. The fourth-order valence-corrected chi connectivity index (χ4v) is 4.74. The van der Waals surface area contributed by atoms with E-state index in [0.29, 0.717) is 6.04 Å². The maximum Gasteiger partial charge on any atom is 0.490 e. The summed E-state index contributed by atoms with van der Waals surface area (Å²) < 4.78 is 47.9. The summed E-state index contributed by atoms with van der Waals surface area (Å²) in [5.74, 6) is -2.76. The Balaban J connectivity index is 0.000000227. The van der Waals surface area contributed by atoms with Crippen LogP contribution in [0.1, 0.15) is 46.5 Å². The van der Waals surface area contributed by atoms with Gasteiger partial charge in [-0.1, -0.05) is 0 Å². The van der Waals surface area contributed by atoms with Crippen LogP contribution in [0.4, 0.5) is 18.0 Å². The highest BCUT2D eigenvalue weighted by Crippen LogP contribution is 2.18. The summed E-state index contributed by atoms with van der Waals surface area (Å²) in [7, 11) is 0. The molecule has 10 nitrogen and oxygen atoms in total. The summed E-state index contributed by atoms with van der Waals surface area (Å²) in [5.41, 5.74) is -0.408. The first kappa shape index (κ1) is 32.5. The molecule has 0 aromatic heterocycles. The van der Waals surface area contributed by atoms with Gasteiger partial charge < -0.3 is 29.5 Å². The van der Waals surface area contributed by atoms with Gasteiger partial charge in [-0.25, -0.2) is 9.59 Å². The lowest BCUT2D eigenvalue weighted by molar-refractivity contribution is -0.192. The molecule has 4 aliphatic rings. The maximum atomic E-state index is 12.0. The van der Waals surface area contributed by atoms with Crippen LogP contribution in [0.3, 0.4) is 0 Å². The van der Waals surface area contributed by atoms with E-state index in [9.17, 15) is 18.0 Å². The first-order valence-electron chi connectivity index (χ1n) is 13.5. The smallest absolute Gasteiger partial charge is 0.475 e. The molecule has 4 aliphatic heterocycles. The van der Waals surface area contributed by atoms with Gasteiger partial charge in [0.1, 0.15) is 5.60 Å². The first-order valence-corrected chi connectivity index (χ1v) is 13.5. The molecule has 38 heavy (non-hydrogen) atoms. The Labute approximate surface area is 223 Å². The van der Waals surface area contributed by atoms with E-state index in [1.165, 1.54) is 25.9 Å². The molecule has 4 fully saturated rings. The number of hydrogen-bond acceptors (Lipinski definition) is 8. The number of piperazine rings is 2. The average molecular weight is 555 g/mol. The van der Waals surface area contributed by atoms with Crippen molar-refractivity contribution in [1.82, 2.24) is 20.0 Å². The molecule has 0 aromatic rings. The predicted octanol–water partition coefficient (Wildman–Crippen LogP) is 2.42. The summed E-state index contributed by atoms with van der Waals surface area (Å²) in [5, 5.41) is 10.5. The third-order valence-corrected chi connectivity index (χ3v) is 6.77. The van der Waals surface area contributed by atoms with Crippen molar-refractivity contribution >= 4 is 12.1 Å². The zero-order chi connectivity index (χ0) is 28.2. The molecule has 222 valence electrons. The maximum absolute atomic E-state index is 12.0. The number of carboxylic acid groups (broad SMARTS) is 1. The lowest BCUT2D eigenvalue weighted by Gasteiger charge is -2.40. The quantitative estimate of drug-likeness (QED) is 0.533. The van der Waals surface area contributed by atoms with Gasteiger partial charge >= 0.3 is 18.2 Å². The Morgan fingerprint density at radius 1 is 0.789 bits per heavy atom. The number of hydrogen-bond donors (Lipinski definition) is 2. The molecule has 0 spiro atoms. The molecule has 0 unspecified atom stereocenters. The van der Waals surface area contributed by atoms with Crippen LogP contribution in [0.25, 0.3) is 0 Å². The van der Waals surface area contributed by atoms with Crippen LogP contribution in [0.5, 0.6) is 0 Å². The summed E-state index contributed by atoms with van der Waals surface area (Å²) in [4.78, 5) is 27.8. The molecule has 2 N–H and O–H groups in total. The Morgan fingerprint density at radius 2 is 1.18 bits per heavy atom. The van der Waals surface area contributed by atoms with Crippen molar-refractivity contribution in [3.63, 3.8) is 0 Å². The largest absolute Gasteiger partial charge is 0.490 e. The summed E-state index contributed by atoms with van der Waals surface area (Å²) >= 11 is 0. The standard InChI is InChI=1S/C14H26N2O3.C9H18N2O.C2HF3O2/c1-14(2,3)19-13(17)16-8-6-15(7-9-16)12-4-10-18-11-5-12;1-7-12-8-2-9(1)11-5-3-10-4-6-11;3-2(4,5)1(6)7/h12H,4-11H2,1-3H3;9-10H,1-8H2;(H,6,7). The topological polar surface area (TPSA) is 104 Å². The summed E-state index contributed by atoms with van der Waals surface area (Å²) in [6.45, 7) is 17.6. The number of amides is 1. The van der Waals surface area contributed by atoms with Gasteiger partial charge in [0.25, 0.3) is 0 Å². The number of halogens is 3. The minimum Gasteiger partial charge on any atom is -0.475 e. The Bertz CT molecular complexity index is 680. The minimum atomic E-state index is -5.08. The number of nitrogens with one attached hydrogen (secondary N) is 1. The van der Waals surface area contributed by atoms with E-state index >= 15 is 0 Å². The van der Waals surface area contributed by atoms with E-state index in [-0.39, 0.29) is 6.09 Å². The highest BCUT2D eigenvalue weighted by atomic mass is 19.4. The Kier molecular flexibility index (Phi) is 13.5. The van der Waals surface area contributed by atoms with Crippen LogP contribution in [0.15, 0.2) is 0 Å². The fraction of sp³-hybridized carbons (Fsp3) is 0.920. The number of ether oxygens (including phenoxy) is 3. The van der Waals surface area contributed by atoms with Crippen LogP contribution in [0.2, 0.25) is 0 Å². The molecular weight excluding hydrogens is 509 g/mol. The number of carbonyl (C=O) groups excluding carboxylic acids is 1. The normalized spacial score (nSPS) is 22.9. The lowest BCUT2D eigenvalue weighted by atomic mass is 10.1. The van der Waals surface area contributed by atoms with Gasteiger partial charge in [0.15, 0.2) is 0 Å². The van der Waals surface area contributed by atoms with Gasteiger partial charge in [-0.05, 0) is 46.5 Å². The van der Waals surface area contributed by atoms with E-state index < -0.39 is 17.7 Å². The van der Waals surface area contributed by atoms with Gasteiger partial charge in [0.05, 0.1) is 0 Å². The summed E-state index contributed by atoms with van der Waals surface area (Å²) in [6, 6.07) is 1.44. The van der Waals surface area contributed by atoms with E-state index in [1.807, 2.05) is 25.7 Å². The highest BCUT2D eigenvalue weighted by Gasteiger charge is 2.38. The summed E-state index contributed by atoms with van der Waals surface area (Å²) in [6.07, 6.45) is -0.557. The van der Waals surface area contributed by atoms with E-state index in [2.05, 4.69) is 15.1 Å². The minimum absolute atomic E-state index is 0.181. The second-order valence-electron chi connectivity index (χ2n) is 10.8. The zero-order valence-corrected chi connectivity index (χ0v) is 22.9. The molecule has 13 heteroatoms. The molecule has 0 atom stereocenters. The van der Waals surface area contributed by atoms with Crippen molar-refractivity contribution in [2.24, 2.45) is 0 Å². The number of rotatable bonds is 2. The van der Waals surface area contributed by atoms with E-state index in [0.717, 1.165) is 84.6 Å². The molecule has 4 rings (SSSR count). The van der Waals surface area contributed by atoms with Crippen molar-refractivity contribution in [3.8, 4) is 0 Å². The SMILES string of the molecule is C1CN(C2CCOCC2)CCN1.CC(C)(C)OC(=O)N1CCN(C2CCOCC2)CC1.O=C(O)C(F)(F)F. The van der Waals surface area contributed by atoms with Gasteiger partial charge in [-0.2, -0.15) is 13.2 Å². The molecule has 0 aliphatic carbocycles. The molecule has 0 saturated carbocycles. The molecule has 0 aromatic carbocycles. The van der Waals surface area contributed by atoms with Crippen LogP contribution >= 0.6 is 0 Å². The van der Waals surface area contributed by atoms with Crippen LogP contribution < -0.4 is 5.32 Å². The number of carboxylic acids is 1. The zero-order valence-electron chi connectivity index (χ0n) is 22.9. The third-order valence-electron chi connectivity index (χ3n) is 6.77. The van der Waals surface area contributed by atoms with Gasteiger partial charge in [-0.3, -0.25) is 9.80 Å². The van der Waals surface area contributed by atoms with E-state index in [1.54, 1.807) is 0 Å². The monoisotopic (exact) mass is 554 g/mol. The van der Waals surface area contributed by atoms with Gasteiger partial charge in [0, 0.05) is 90.9 Å². The second-order valence-corrected chi connectivity index (χ2v) is 10.8. The number of aliphatic carboxylic acids is 1. The Hall–Kier alpha value is -1.67. The fourth-order valence-electron chi connectivity index (χ4n) is 4.74. The van der Waals surface area contributed by atoms with Crippen molar-refractivity contribution < 1.29 is 42.1 Å². The van der Waals surface area contributed by atoms with E-state index in [4.69, 9.17) is 24.1 Å². The van der Waals surface area contributed by atoms with Crippen LogP contribution in [-0.2, 0) is 19.0 Å². The molecular formula is C25H45F3N4O6. The Morgan fingerprint density at radius 3 is 1.55 bits per heavy atom. The molecule has 0 bridgehead atoms. The van der Waals surface area contributed by atoms with Crippen LogP contribution in [0, 0.1) is 0 Å². The van der Waals surface area contributed by atoms with Crippen molar-refractivity contribution in [1.29, 1.82) is 0 Å². The highest BCUT2D eigenvalue weighted by molar-refractivity contribution is 5.73. The molecule has 4 heterocycles. The number of carbonyl (C=O) groups is 2. The van der Waals surface area contributed by atoms with Gasteiger partial charge in [-0.15, -0.1) is 0 Å². The molecule has 1 amide bonds. The van der Waals surface area contributed by atoms with Crippen molar-refractivity contribution in [2.45, 2.75) is 70.3 Å². The van der Waals surface area contributed by atoms with Gasteiger partial charge in [0.2, 0.25) is 0 Å². The lowest BCUT2D eigenvalue weighted by Crippen LogP contribution is -2.53. The van der Waals surface area contributed by atoms with Crippen LogP contribution in [-0.4, -0.2) is 135 Å².